The van der Waals surface area contributed by atoms with Gasteiger partial charge in [0.05, 0.1) is 5.56 Å². The van der Waals surface area contributed by atoms with E-state index >= 15 is 0 Å². The fourth-order valence-corrected chi connectivity index (χ4v) is 1.71. The van der Waals surface area contributed by atoms with Gasteiger partial charge >= 0.3 is 5.51 Å². The Morgan fingerprint density at radius 1 is 1.17 bits per heavy atom. The van der Waals surface area contributed by atoms with Crippen LogP contribution in [0.25, 0.3) is 0 Å². The summed E-state index contributed by atoms with van der Waals surface area (Å²) < 4.78 is 83.0. The van der Waals surface area contributed by atoms with E-state index in [1.165, 1.54) is 0 Å². The minimum absolute atomic E-state index is 0.337. The van der Waals surface area contributed by atoms with E-state index in [1.807, 2.05) is 0 Å². The van der Waals surface area contributed by atoms with Crippen molar-refractivity contribution in [1.82, 2.24) is 0 Å². The normalized spacial score (nSPS) is 12.5. The van der Waals surface area contributed by atoms with Crippen molar-refractivity contribution in [2.75, 3.05) is 5.75 Å². The Hall–Kier alpha value is -1.51. The summed E-state index contributed by atoms with van der Waals surface area (Å²) in [4.78, 5) is 11.2. The number of ketones is 1. The molecule has 0 heterocycles. The van der Waals surface area contributed by atoms with Crippen molar-refractivity contribution >= 4 is 15.6 Å². The van der Waals surface area contributed by atoms with E-state index in [0.717, 1.165) is 0 Å². The Balaban J connectivity index is 3.08. The number of benzene rings is 1. The molecule has 0 saturated carbocycles. The molecule has 0 atom stereocenters. The van der Waals surface area contributed by atoms with Crippen LogP contribution in [0.4, 0.5) is 22.0 Å². The van der Waals surface area contributed by atoms with Gasteiger partial charge in [-0.3, -0.25) is 4.79 Å². The van der Waals surface area contributed by atoms with Crippen LogP contribution in [0.3, 0.4) is 0 Å². The molecular weight excluding hydrogens is 283 g/mol. The van der Waals surface area contributed by atoms with Gasteiger partial charge in [-0.2, -0.15) is 13.2 Å². The zero-order valence-corrected chi connectivity index (χ0v) is 9.28. The van der Waals surface area contributed by atoms with Crippen LogP contribution >= 0.6 is 0 Å². The Morgan fingerprint density at radius 2 is 1.72 bits per heavy atom. The molecule has 0 aliphatic heterocycles. The molecule has 1 aromatic carbocycles. The molecule has 100 valence electrons. The van der Waals surface area contributed by atoms with Gasteiger partial charge in [0.15, 0.2) is 5.78 Å². The van der Waals surface area contributed by atoms with E-state index in [0.29, 0.717) is 18.2 Å². The molecular formula is C9H5F5O3S. The third-order valence-corrected chi connectivity index (χ3v) is 3.25. The topological polar surface area (TPSA) is 51.2 Å². The van der Waals surface area contributed by atoms with Gasteiger partial charge in [-0.1, -0.05) is 0 Å². The van der Waals surface area contributed by atoms with Gasteiger partial charge in [0, 0.05) is 0 Å². The lowest BCUT2D eigenvalue weighted by Crippen LogP contribution is -2.30. The maximum Gasteiger partial charge on any atom is 0.497 e. The first-order valence-corrected chi connectivity index (χ1v) is 5.97. The zero-order chi connectivity index (χ0) is 14.1. The number of rotatable bonds is 3. The van der Waals surface area contributed by atoms with Gasteiger partial charge in [0.1, 0.15) is 17.4 Å². The molecule has 9 heteroatoms. The average Bonchev–Trinajstić information content (AvgIpc) is 2.19. The third-order valence-electron chi connectivity index (χ3n) is 1.90. The predicted octanol–water partition coefficient (Wildman–Crippen LogP) is 2.08. The van der Waals surface area contributed by atoms with Gasteiger partial charge in [-0.05, 0) is 18.2 Å². The number of hydrogen-bond donors (Lipinski definition) is 0. The van der Waals surface area contributed by atoms with E-state index in [9.17, 15) is 35.2 Å². The second-order valence-electron chi connectivity index (χ2n) is 3.25. The smallest absolute Gasteiger partial charge is 0.293 e. The summed E-state index contributed by atoms with van der Waals surface area (Å²) in [7, 11) is -5.71. The summed E-state index contributed by atoms with van der Waals surface area (Å²) in [5.74, 6) is -5.98. The van der Waals surface area contributed by atoms with E-state index in [2.05, 4.69) is 0 Å². The number of halogens is 5. The van der Waals surface area contributed by atoms with Gasteiger partial charge in [-0.15, -0.1) is 0 Å². The summed E-state index contributed by atoms with van der Waals surface area (Å²) in [6, 6.07) is 1.50. The van der Waals surface area contributed by atoms with Crippen LogP contribution in [-0.4, -0.2) is 25.5 Å². The maximum absolute atomic E-state index is 13.0. The van der Waals surface area contributed by atoms with E-state index < -0.39 is 44.1 Å². The first kappa shape index (κ1) is 14.6. The van der Waals surface area contributed by atoms with Crippen LogP contribution in [0.5, 0.6) is 0 Å². The lowest BCUT2D eigenvalue weighted by Gasteiger charge is -2.07. The average molecular weight is 288 g/mol. The lowest BCUT2D eigenvalue weighted by molar-refractivity contribution is -0.0434. The Labute approximate surface area is 98.1 Å². The van der Waals surface area contributed by atoms with Gasteiger partial charge in [0.25, 0.3) is 9.84 Å². The van der Waals surface area contributed by atoms with Crippen molar-refractivity contribution in [2.45, 2.75) is 5.51 Å². The summed E-state index contributed by atoms with van der Waals surface area (Å²) in [6.07, 6.45) is 0. The first-order chi connectivity index (χ1) is 8.04. The largest absolute Gasteiger partial charge is 0.497 e. The van der Waals surface area contributed by atoms with Gasteiger partial charge in [0.2, 0.25) is 0 Å². The number of Topliss-reactive ketones (excluding diaryl/α,β-unsaturated/α-hetero) is 1. The van der Waals surface area contributed by atoms with Crippen LogP contribution in [-0.2, 0) is 9.84 Å². The molecule has 0 spiro atoms. The van der Waals surface area contributed by atoms with Crippen LogP contribution in [0.15, 0.2) is 18.2 Å². The zero-order valence-electron chi connectivity index (χ0n) is 8.46. The molecule has 0 bridgehead atoms. The van der Waals surface area contributed by atoms with Crippen molar-refractivity contribution in [1.29, 1.82) is 0 Å². The molecule has 0 amide bonds. The highest BCUT2D eigenvalue weighted by atomic mass is 32.2. The molecule has 0 aromatic heterocycles. The molecule has 0 saturated heterocycles. The molecule has 1 rings (SSSR count). The molecule has 0 N–H and O–H groups in total. The molecule has 0 fully saturated rings. The fourth-order valence-electron chi connectivity index (χ4n) is 1.04. The Kier molecular flexibility index (Phi) is 3.75. The molecule has 0 aliphatic rings. The Morgan fingerprint density at radius 3 is 2.22 bits per heavy atom. The summed E-state index contributed by atoms with van der Waals surface area (Å²) in [6.45, 7) is 0. The monoisotopic (exact) mass is 288 g/mol. The van der Waals surface area contributed by atoms with E-state index in [1.54, 1.807) is 0 Å². The quantitative estimate of drug-likeness (QED) is 0.632. The SMILES string of the molecule is O=C(CS(=O)(=O)C(F)(F)F)c1cc(F)ccc1F. The number of sulfone groups is 1. The summed E-state index contributed by atoms with van der Waals surface area (Å²) >= 11 is 0. The van der Waals surface area contributed by atoms with E-state index in [-0.39, 0.29) is 0 Å². The summed E-state index contributed by atoms with van der Waals surface area (Å²) in [5.41, 5.74) is -6.66. The highest BCUT2D eigenvalue weighted by Gasteiger charge is 2.46. The second-order valence-corrected chi connectivity index (χ2v) is 5.23. The Bertz CT molecular complexity index is 576. The van der Waals surface area contributed by atoms with Gasteiger partial charge in [-0.25, -0.2) is 17.2 Å². The molecule has 1 aromatic rings. The molecule has 0 aliphatic carbocycles. The highest BCUT2D eigenvalue weighted by molar-refractivity contribution is 7.92. The lowest BCUT2D eigenvalue weighted by atomic mass is 10.1. The van der Waals surface area contributed by atoms with Crippen LogP contribution in [0, 0.1) is 11.6 Å². The van der Waals surface area contributed by atoms with Crippen molar-refractivity contribution in [3.05, 3.63) is 35.4 Å². The standard InChI is InChI=1S/C9H5F5O3S/c10-5-1-2-7(11)6(3-5)8(15)4-18(16,17)9(12,13)14/h1-3H,4H2. The van der Waals surface area contributed by atoms with Crippen LogP contribution in [0.2, 0.25) is 0 Å². The van der Waals surface area contributed by atoms with Crippen molar-refractivity contribution in [2.24, 2.45) is 0 Å². The van der Waals surface area contributed by atoms with Gasteiger partial charge < -0.3 is 0 Å². The number of hydrogen-bond acceptors (Lipinski definition) is 3. The van der Waals surface area contributed by atoms with Crippen LogP contribution < -0.4 is 0 Å². The molecule has 3 nitrogen and oxygen atoms in total. The minimum atomic E-state index is -5.71. The molecule has 0 unspecified atom stereocenters. The van der Waals surface area contributed by atoms with Crippen molar-refractivity contribution in [3.8, 4) is 0 Å². The first-order valence-electron chi connectivity index (χ1n) is 4.32. The number of carbonyl (C=O) groups excluding carboxylic acids is 1. The summed E-state index contributed by atoms with van der Waals surface area (Å²) in [5, 5.41) is 0. The molecule has 18 heavy (non-hydrogen) atoms. The number of alkyl halides is 3. The fraction of sp³-hybridized carbons (Fsp3) is 0.222. The molecule has 0 radical (unpaired) electrons. The maximum atomic E-state index is 13.0. The van der Waals surface area contributed by atoms with Crippen molar-refractivity contribution in [3.63, 3.8) is 0 Å². The van der Waals surface area contributed by atoms with E-state index in [4.69, 9.17) is 0 Å². The van der Waals surface area contributed by atoms with Crippen LogP contribution in [0.1, 0.15) is 10.4 Å². The second kappa shape index (κ2) is 4.63. The number of carbonyl (C=O) groups is 1. The minimum Gasteiger partial charge on any atom is -0.293 e. The third kappa shape index (κ3) is 3.03. The predicted molar refractivity (Wildman–Crippen MR) is 50.5 cm³/mol. The highest BCUT2D eigenvalue weighted by Crippen LogP contribution is 2.25. The van der Waals surface area contributed by atoms with Crippen molar-refractivity contribution < 1.29 is 35.2 Å².